The smallest absolute Gasteiger partial charge is 0.255 e. The topological polar surface area (TPSA) is 131 Å². The van der Waals surface area contributed by atoms with Crippen molar-refractivity contribution in [1.29, 1.82) is 5.41 Å². The second kappa shape index (κ2) is 10.4. The molecule has 0 spiro atoms. The van der Waals surface area contributed by atoms with Gasteiger partial charge < -0.3 is 25.9 Å². The summed E-state index contributed by atoms with van der Waals surface area (Å²) in [6.45, 7) is 5.06. The zero-order chi connectivity index (χ0) is 27.8. The van der Waals surface area contributed by atoms with Gasteiger partial charge in [-0.25, -0.2) is 4.98 Å². The molecule has 1 saturated heterocycles. The molecule has 2 aliphatic rings. The Morgan fingerprint density at radius 1 is 1.20 bits per heavy atom. The summed E-state index contributed by atoms with van der Waals surface area (Å²) in [6.07, 6.45) is 6.21. The van der Waals surface area contributed by atoms with Crippen LogP contribution in [0.3, 0.4) is 0 Å². The fourth-order valence-electron chi connectivity index (χ4n) is 5.14. The number of aromatic nitrogens is 2. The zero-order valence-electron chi connectivity index (χ0n) is 21.5. The molecule has 0 aliphatic carbocycles. The monoisotopic (exact) mass is 550 g/mol. The van der Waals surface area contributed by atoms with Crippen molar-refractivity contribution in [2.45, 2.75) is 19.0 Å². The second-order valence-corrected chi connectivity index (χ2v) is 10.7. The SMILES string of the molecule is C=CC(=O)N1CC(N/C=C(\C=N)c2nc(-c3ccc4c(c3)CNC(=O)C4)c3ccsc3c2-c2ccc[nH]c2=O)C1. The number of carbonyl (C=O) groups excluding carboxylic acids is 2. The van der Waals surface area contributed by atoms with E-state index in [1.54, 1.807) is 29.4 Å². The molecule has 0 radical (unpaired) electrons. The molecule has 5 heterocycles. The van der Waals surface area contributed by atoms with Gasteiger partial charge >= 0.3 is 0 Å². The van der Waals surface area contributed by atoms with Crippen molar-refractivity contribution in [3.05, 3.63) is 94.0 Å². The molecule has 0 bridgehead atoms. The Kier molecular flexibility index (Phi) is 6.61. The number of nitrogens with one attached hydrogen (secondary N) is 4. The van der Waals surface area contributed by atoms with Crippen LogP contribution in [0.25, 0.3) is 38.0 Å². The number of thiophene rings is 1. The van der Waals surface area contributed by atoms with E-state index in [0.717, 1.165) is 32.5 Å². The first kappa shape index (κ1) is 25.4. The molecule has 9 nitrogen and oxygen atoms in total. The number of nitrogens with zero attached hydrogens (tertiary/aromatic N) is 2. The summed E-state index contributed by atoms with van der Waals surface area (Å²) in [6, 6.07) is 11.6. The summed E-state index contributed by atoms with van der Waals surface area (Å²) in [5.41, 5.74) is 5.57. The summed E-state index contributed by atoms with van der Waals surface area (Å²) in [5, 5.41) is 17.4. The van der Waals surface area contributed by atoms with E-state index in [2.05, 4.69) is 28.3 Å². The fourth-order valence-corrected chi connectivity index (χ4v) is 6.10. The van der Waals surface area contributed by atoms with Gasteiger partial charge in [-0.05, 0) is 46.8 Å². The predicted molar refractivity (Wildman–Crippen MR) is 157 cm³/mol. The largest absolute Gasteiger partial charge is 0.384 e. The maximum atomic E-state index is 13.0. The van der Waals surface area contributed by atoms with Gasteiger partial charge in [0.1, 0.15) is 0 Å². The third-order valence-corrected chi connectivity index (χ3v) is 8.21. The lowest BCUT2D eigenvalue weighted by Crippen LogP contribution is -2.58. The standard InChI is InChI=1S/C30H26N6O3S/c1-2-25(38)36-15-21(16-36)33-14-20(12-31)28-26(22-4-3-8-32-30(22)39)29-23(7-9-40-29)27(35-28)18-6-5-17-11-24(37)34-13-19(17)10-18/h2-10,12,14,21,31,33H,1,11,13,15-16H2,(H,32,39)(H,34,37)/b20-14+,31-12?. The first-order valence-corrected chi connectivity index (χ1v) is 13.7. The van der Waals surface area contributed by atoms with Gasteiger partial charge in [-0.2, -0.15) is 0 Å². The van der Waals surface area contributed by atoms with Gasteiger partial charge in [-0.1, -0.05) is 18.7 Å². The minimum Gasteiger partial charge on any atom is -0.384 e. The Hall–Kier alpha value is -4.83. The Balaban J connectivity index is 1.49. The number of carbonyl (C=O) groups is 2. The second-order valence-electron chi connectivity index (χ2n) is 9.75. The van der Waals surface area contributed by atoms with Crippen LogP contribution in [-0.4, -0.2) is 52.0 Å². The van der Waals surface area contributed by atoms with Crippen molar-refractivity contribution >= 4 is 45.0 Å². The minimum absolute atomic E-state index is 0.00928. The van der Waals surface area contributed by atoms with Crippen molar-refractivity contribution in [2.75, 3.05) is 13.1 Å². The van der Waals surface area contributed by atoms with Crippen LogP contribution in [0.4, 0.5) is 0 Å². The Labute approximate surface area is 233 Å². The Morgan fingerprint density at radius 2 is 2.05 bits per heavy atom. The van der Waals surface area contributed by atoms with Crippen LogP contribution in [-0.2, 0) is 22.6 Å². The van der Waals surface area contributed by atoms with Gasteiger partial charge in [0.2, 0.25) is 11.8 Å². The normalized spacial score (nSPS) is 15.2. The summed E-state index contributed by atoms with van der Waals surface area (Å²) < 4.78 is 0.891. The van der Waals surface area contributed by atoms with Crippen molar-refractivity contribution in [1.82, 2.24) is 25.5 Å². The van der Waals surface area contributed by atoms with Crippen LogP contribution >= 0.6 is 11.3 Å². The van der Waals surface area contributed by atoms with E-state index in [1.165, 1.54) is 23.6 Å². The van der Waals surface area contributed by atoms with Crippen molar-refractivity contribution < 1.29 is 9.59 Å². The van der Waals surface area contributed by atoms with Crippen LogP contribution in [0.2, 0.25) is 0 Å². The number of fused-ring (bicyclic) bond motifs is 2. The number of hydrogen-bond acceptors (Lipinski definition) is 7. The van der Waals surface area contributed by atoms with Gasteiger partial charge in [0.05, 0.1) is 29.4 Å². The van der Waals surface area contributed by atoms with Crippen LogP contribution in [0.5, 0.6) is 0 Å². The van der Waals surface area contributed by atoms with Gasteiger partial charge in [0.15, 0.2) is 0 Å². The van der Waals surface area contributed by atoms with E-state index in [4.69, 9.17) is 10.4 Å². The molecule has 6 rings (SSSR count). The Morgan fingerprint density at radius 3 is 2.83 bits per heavy atom. The number of likely N-dealkylation sites (tertiary alicyclic amines) is 1. The van der Waals surface area contributed by atoms with Gasteiger partial charge in [0.25, 0.3) is 5.56 Å². The summed E-state index contributed by atoms with van der Waals surface area (Å²) in [5.74, 6) is -0.103. The van der Waals surface area contributed by atoms with E-state index < -0.39 is 0 Å². The number of aromatic amines is 1. The van der Waals surface area contributed by atoms with E-state index in [9.17, 15) is 14.4 Å². The van der Waals surface area contributed by atoms with Crippen LogP contribution < -0.4 is 16.2 Å². The first-order valence-electron chi connectivity index (χ1n) is 12.8. The molecule has 1 fully saturated rings. The Bertz CT molecular complexity index is 1780. The van der Waals surface area contributed by atoms with Gasteiger partial charge in [-0.15, -0.1) is 11.3 Å². The molecule has 200 valence electrons. The molecule has 0 saturated carbocycles. The molecule has 4 aromatic rings. The van der Waals surface area contributed by atoms with E-state index in [-0.39, 0.29) is 23.4 Å². The first-order chi connectivity index (χ1) is 19.5. The molecular weight excluding hydrogens is 524 g/mol. The molecule has 1 aromatic carbocycles. The maximum absolute atomic E-state index is 13.0. The highest BCUT2D eigenvalue weighted by molar-refractivity contribution is 7.17. The number of allylic oxidation sites excluding steroid dienone is 1. The number of H-pyrrole nitrogens is 1. The van der Waals surface area contributed by atoms with E-state index >= 15 is 0 Å². The minimum atomic E-state index is -0.243. The molecule has 0 atom stereocenters. The average Bonchev–Trinajstić information content (AvgIpc) is 3.43. The molecule has 0 unspecified atom stereocenters. The molecule has 3 aromatic heterocycles. The summed E-state index contributed by atoms with van der Waals surface area (Å²) in [7, 11) is 0. The van der Waals surface area contributed by atoms with Crippen molar-refractivity contribution in [3.63, 3.8) is 0 Å². The molecule has 40 heavy (non-hydrogen) atoms. The van der Waals surface area contributed by atoms with Crippen molar-refractivity contribution in [3.8, 4) is 22.4 Å². The molecule has 2 amide bonds. The molecule has 10 heteroatoms. The fraction of sp³-hybridized carbons (Fsp3) is 0.167. The maximum Gasteiger partial charge on any atom is 0.255 e. The van der Waals surface area contributed by atoms with Crippen LogP contribution in [0.15, 0.2) is 71.6 Å². The van der Waals surface area contributed by atoms with Gasteiger partial charge in [-0.3, -0.25) is 14.4 Å². The number of rotatable bonds is 7. The third-order valence-electron chi connectivity index (χ3n) is 7.27. The lowest BCUT2D eigenvalue weighted by molar-refractivity contribution is -0.130. The quantitative estimate of drug-likeness (QED) is 0.207. The van der Waals surface area contributed by atoms with E-state index in [0.29, 0.717) is 48.4 Å². The number of pyridine rings is 2. The highest BCUT2D eigenvalue weighted by Gasteiger charge is 2.29. The lowest BCUT2D eigenvalue weighted by atomic mass is 9.94. The van der Waals surface area contributed by atoms with Gasteiger partial charge in [0, 0.05) is 65.0 Å². The molecular formula is C30H26N6O3S. The number of amides is 2. The summed E-state index contributed by atoms with van der Waals surface area (Å²) in [4.78, 5) is 46.2. The van der Waals surface area contributed by atoms with Crippen LogP contribution in [0, 0.1) is 5.41 Å². The zero-order valence-corrected chi connectivity index (χ0v) is 22.3. The highest BCUT2D eigenvalue weighted by Crippen LogP contribution is 2.41. The average molecular weight is 551 g/mol. The number of benzene rings is 1. The van der Waals surface area contributed by atoms with E-state index in [1.807, 2.05) is 23.6 Å². The lowest BCUT2D eigenvalue weighted by Gasteiger charge is -2.38. The van der Waals surface area contributed by atoms with Crippen LogP contribution in [0.1, 0.15) is 16.8 Å². The third kappa shape index (κ3) is 4.52. The summed E-state index contributed by atoms with van der Waals surface area (Å²) >= 11 is 1.52. The highest BCUT2D eigenvalue weighted by atomic mass is 32.1. The number of hydrogen-bond donors (Lipinski definition) is 4. The predicted octanol–water partition coefficient (Wildman–Crippen LogP) is 3.47. The van der Waals surface area contributed by atoms with Crippen molar-refractivity contribution in [2.24, 2.45) is 0 Å². The molecule has 2 aliphatic heterocycles. The molecule has 4 N–H and O–H groups in total.